The average molecular weight is 344 g/mol. The Morgan fingerprint density at radius 1 is 1.17 bits per heavy atom. The van der Waals surface area contributed by atoms with Crippen LogP contribution in [-0.4, -0.2) is 49.5 Å². The predicted octanol–water partition coefficient (Wildman–Crippen LogP) is 0.867. The zero-order chi connectivity index (χ0) is 17.2. The molecule has 1 amide bonds. The van der Waals surface area contributed by atoms with Gasteiger partial charge in [0.05, 0.1) is 12.2 Å². The van der Waals surface area contributed by atoms with Gasteiger partial charge in [0.1, 0.15) is 0 Å². The van der Waals surface area contributed by atoms with Crippen molar-refractivity contribution in [2.75, 3.05) is 19.6 Å². The molecular formula is C16H16N4O3S. The van der Waals surface area contributed by atoms with Crippen molar-refractivity contribution < 1.29 is 13.2 Å². The van der Waals surface area contributed by atoms with Crippen molar-refractivity contribution in [1.29, 1.82) is 5.41 Å². The minimum absolute atomic E-state index is 0.0779. The molecule has 8 heteroatoms. The molecule has 24 heavy (non-hydrogen) atoms. The summed E-state index contributed by atoms with van der Waals surface area (Å²) in [6.07, 6.45) is 1.24. The minimum atomic E-state index is -3.81. The first kappa shape index (κ1) is 16.3. The summed E-state index contributed by atoms with van der Waals surface area (Å²) in [5, 5.41) is 9.73. The number of hydrogen-bond donors (Lipinski definition) is 2. The summed E-state index contributed by atoms with van der Waals surface area (Å²) in [7, 11) is -3.81. The number of rotatable bonds is 4. The molecule has 0 radical (unpaired) electrons. The van der Waals surface area contributed by atoms with E-state index in [0.29, 0.717) is 12.2 Å². The molecule has 0 bridgehead atoms. The van der Waals surface area contributed by atoms with Crippen molar-refractivity contribution in [3.05, 3.63) is 48.0 Å². The first-order valence-electron chi connectivity index (χ1n) is 7.35. The third-order valence-corrected chi connectivity index (χ3v) is 5.45. The van der Waals surface area contributed by atoms with Crippen LogP contribution < -0.4 is 5.32 Å². The number of carbonyl (C=O) groups is 1. The van der Waals surface area contributed by atoms with Crippen molar-refractivity contribution in [1.82, 2.24) is 14.6 Å². The maximum atomic E-state index is 12.7. The predicted molar refractivity (Wildman–Crippen MR) is 89.3 cm³/mol. The van der Waals surface area contributed by atoms with E-state index in [1.807, 2.05) is 0 Å². The number of benzene rings is 1. The summed E-state index contributed by atoms with van der Waals surface area (Å²) in [6.45, 7) is 0.332. The van der Waals surface area contributed by atoms with E-state index in [4.69, 9.17) is 5.41 Å². The zero-order valence-electron chi connectivity index (χ0n) is 12.8. The van der Waals surface area contributed by atoms with Gasteiger partial charge in [-0.15, -0.1) is 0 Å². The number of nitrogens with zero attached hydrogens (tertiary/aromatic N) is 2. The van der Waals surface area contributed by atoms with Gasteiger partial charge in [-0.3, -0.25) is 4.79 Å². The van der Waals surface area contributed by atoms with Gasteiger partial charge in [0, 0.05) is 24.9 Å². The number of sulfonamides is 1. The van der Waals surface area contributed by atoms with Gasteiger partial charge < -0.3 is 10.7 Å². The quantitative estimate of drug-likeness (QED) is 0.803. The lowest BCUT2D eigenvalue weighted by atomic mass is 10.1. The zero-order valence-corrected chi connectivity index (χ0v) is 13.6. The maximum Gasteiger partial charge on any atom is 0.261 e. The Morgan fingerprint density at radius 2 is 1.92 bits per heavy atom. The second-order valence-electron chi connectivity index (χ2n) is 5.32. The second-order valence-corrected chi connectivity index (χ2v) is 7.20. The number of piperazine rings is 1. The van der Waals surface area contributed by atoms with Crippen molar-refractivity contribution in [2.45, 2.75) is 5.03 Å². The Balaban J connectivity index is 1.94. The van der Waals surface area contributed by atoms with Crippen LogP contribution in [0.3, 0.4) is 0 Å². The molecule has 2 N–H and O–H groups in total. The molecule has 3 rings (SSSR count). The molecular weight excluding hydrogens is 328 g/mol. The molecule has 1 aromatic carbocycles. The van der Waals surface area contributed by atoms with Crippen LogP contribution >= 0.6 is 0 Å². The molecule has 0 saturated carbocycles. The van der Waals surface area contributed by atoms with Crippen LogP contribution in [0.4, 0.5) is 0 Å². The van der Waals surface area contributed by atoms with E-state index < -0.39 is 10.0 Å². The van der Waals surface area contributed by atoms with E-state index in [9.17, 15) is 13.2 Å². The van der Waals surface area contributed by atoms with Gasteiger partial charge in [-0.2, -0.15) is 4.31 Å². The van der Waals surface area contributed by atoms with Gasteiger partial charge in [0.15, 0.2) is 5.03 Å². The number of nitrogens with one attached hydrogen (secondary N) is 2. The van der Waals surface area contributed by atoms with E-state index in [0.717, 1.165) is 15.4 Å². The summed E-state index contributed by atoms with van der Waals surface area (Å²) in [5.41, 5.74) is 2.03. The minimum Gasteiger partial charge on any atom is -0.354 e. The molecule has 1 aromatic heterocycles. The molecule has 124 valence electrons. The summed E-state index contributed by atoms with van der Waals surface area (Å²) >= 11 is 0. The lowest BCUT2D eigenvalue weighted by Gasteiger charge is -2.25. The van der Waals surface area contributed by atoms with Crippen LogP contribution in [0.25, 0.3) is 11.3 Å². The van der Waals surface area contributed by atoms with Crippen LogP contribution in [0.15, 0.2) is 47.5 Å². The Morgan fingerprint density at radius 3 is 2.58 bits per heavy atom. The number of amides is 1. The highest BCUT2D eigenvalue weighted by molar-refractivity contribution is 7.89. The summed E-state index contributed by atoms with van der Waals surface area (Å²) in [5.74, 6) is -0.316. The van der Waals surface area contributed by atoms with E-state index in [2.05, 4.69) is 10.3 Å². The molecule has 0 aliphatic carbocycles. The third kappa shape index (κ3) is 3.19. The van der Waals surface area contributed by atoms with Gasteiger partial charge in [-0.1, -0.05) is 30.3 Å². The van der Waals surface area contributed by atoms with E-state index in [1.54, 1.807) is 36.4 Å². The van der Waals surface area contributed by atoms with E-state index >= 15 is 0 Å². The molecule has 1 aliphatic heterocycles. The fourth-order valence-electron chi connectivity index (χ4n) is 2.42. The summed E-state index contributed by atoms with van der Waals surface area (Å²) < 4.78 is 26.5. The van der Waals surface area contributed by atoms with Crippen molar-refractivity contribution in [3.8, 4) is 11.3 Å². The molecule has 1 saturated heterocycles. The van der Waals surface area contributed by atoms with Crippen LogP contribution in [-0.2, 0) is 14.8 Å². The first-order chi connectivity index (χ1) is 11.5. The molecule has 7 nitrogen and oxygen atoms in total. The second kappa shape index (κ2) is 6.50. The Bertz CT molecular complexity index is 878. The fraction of sp³-hybridized carbons (Fsp3) is 0.188. The fourth-order valence-corrected chi connectivity index (χ4v) is 3.77. The van der Waals surface area contributed by atoms with E-state index in [1.165, 1.54) is 12.3 Å². The first-order valence-corrected chi connectivity index (χ1v) is 8.79. The third-order valence-electron chi connectivity index (χ3n) is 3.70. The molecule has 0 unspecified atom stereocenters. The van der Waals surface area contributed by atoms with Gasteiger partial charge in [0.25, 0.3) is 10.0 Å². The summed E-state index contributed by atoms with van der Waals surface area (Å²) in [6, 6.07) is 11.9. The molecule has 1 aliphatic rings. The normalized spacial score (nSPS) is 15.8. The van der Waals surface area contributed by atoms with Gasteiger partial charge in [-0.05, 0) is 17.7 Å². The van der Waals surface area contributed by atoms with Crippen LogP contribution in [0, 0.1) is 5.41 Å². The van der Waals surface area contributed by atoms with E-state index in [-0.39, 0.29) is 24.0 Å². The maximum absolute atomic E-state index is 12.7. The number of pyridine rings is 1. The molecule has 0 spiro atoms. The standard InChI is InChI=1S/C16H16N4O3S/c17-10-12-4-6-13(7-5-12)14-2-1-3-16(19-14)24(22,23)20-9-8-18-15(21)11-20/h1-7,10,17H,8-9,11H2,(H,18,21). The lowest BCUT2D eigenvalue weighted by Crippen LogP contribution is -2.49. The van der Waals surface area contributed by atoms with Crippen molar-refractivity contribution in [3.63, 3.8) is 0 Å². The van der Waals surface area contributed by atoms with Gasteiger partial charge >= 0.3 is 0 Å². The molecule has 1 fully saturated rings. The average Bonchev–Trinajstić information content (AvgIpc) is 2.62. The SMILES string of the molecule is N=Cc1ccc(-c2cccc(S(=O)(=O)N3CCNC(=O)C3)n2)cc1. The lowest BCUT2D eigenvalue weighted by molar-refractivity contribution is -0.122. The smallest absolute Gasteiger partial charge is 0.261 e. The van der Waals surface area contributed by atoms with Gasteiger partial charge in [-0.25, -0.2) is 13.4 Å². The molecule has 0 atom stereocenters. The largest absolute Gasteiger partial charge is 0.354 e. The summed E-state index contributed by atoms with van der Waals surface area (Å²) in [4.78, 5) is 15.7. The monoisotopic (exact) mass is 344 g/mol. The Labute approximate surface area is 139 Å². The highest BCUT2D eigenvalue weighted by Gasteiger charge is 2.30. The highest BCUT2D eigenvalue weighted by atomic mass is 32.2. The van der Waals surface area contributed by atoms with Gasteiger partial charge in [0.2, 0.25) is 5.91 Å². The highest BCUT2D eigenvalue weighted by Crippen LogP contribution is 2.21. The van der Waals surface area contributed by atoms with Crippen molar-refractivity contribution in [2.24, 2.45) is 0 Å². The van der Waals surface area contributed by atoms with Crippen LogP contribution in [0.2, 0.25) is 0 Å². The topological polar surface area (TPSA) is 103 Å². The molecule has 2 aromatic rings. The van der Waals surface area contributed by atoms with Crippen LogP contribution in [0.5, 0.6) is 0 Å². The Kier molecular flexibility index (Phi) is 4.41. The van der Waals surface area contributed by atoms with Crippen LogP contribution in [0.1, 0.15) is 5.56 Å². The number of hydrogen-bond acceptors (Lipinski definition) is 5. The molecule has 2 heterocycles. The van der Waals surface area contributed by atoms with Crippen molar-refractivity contribution >= 4 is 22.1 Å². The number of aromatic nitrogens is 1. The Hall–Kier alpha value is -2.58. The number of carbonyl (C=O) groups excluding carboxylic acids is 1.